The molecule has 0 bridgehead atoms. The van der Waals surface area contributed by atoms with Crippen LogP contribution in [0.25, 0.3) is 4.96 Å². The molecule has 2 aromatic rings. The molecule has 1 N–H and O–H groups in total. The summed E-state index contributed by atoms with van der Waals surface area (Å²) in [5.41, 5.74) is 0. The minimum atomic E-state index is 0.421. The highest BCUT2D eigenvalue weighted by atomic mass is 32.1. The van der Waals surface area contributed by atoms with Crippen molar-refractivity contribution >= 4 is 16.3 Å². The molecule has 0 aromatic carbocycles. The van der Waals surface area contributed by atoms with Gasteiger partial charge < -0.3 is 5.32 Å². The fourth-order valence-electron chi connectivity index (χ4n) is 2.10. The van der Waals surface area contributed by atoms with Crippen molar-refractivity contribution in [3.05, 3.63) is 10.8 Å². The molecule has 0 saturated carbocycles. The van der Waals surface area contributed by atoms with Gasteiger partial charge in [-0.1, -0.05) is 24.7 Å². The zero-order chi connectivity index (χ0) is 11.0. The van der Waals surface area contributed by atoms with Gasteiger partial charge in [0.05, 0.1) is 6.04 Å². The summed E-state index contributed by atoms with van der Waals surface area (Å²) in [6.45, 7) is 3.18. The van der Waals surface area contributed by atoms with Gasteiger partial charge in [-0.05, 0) is 19.4 Å². The molecule has 1 atom stereocenters. The van der Waals surface area contributed by atoms with Crippen LogP contribution in [0.15, 0.2) is 0 Å². The van der Waals surface area contributed by atoms with Crippen molar-refractivity contribution in [1.82, 2.24) is 25.1 Å². The molecule has 1 unspecified atom stereocenters. The predicted molar refractivity (Wildman–Crippen MR) is 62.6 cm³/mol. The third-order valence-corrected chi connectivity index (χ3v) is 4.01. The van der Waals surface area contributed by atoms with Crippen molar-refractivity contribution in [2.75, 3.05) is 6.54 Å². The molecule has 2 aromatic heterocycles. The number of piperidine rings is 1. The first-order valence-electron chi connectivity index (χ1n) is 5.83. The average molecular weight is 237 g/mol. The molecule has 3 heterocycles. The van der Waals surface area contributed by atoms with Gasteiger partial charge in [-0.25, -0.2) is 0 Å². The van der Waals surface area contributed by atoms with Crippen LogP contribution in [0.1, 0.15) is 43.1 Å². The normalized spacial score (nSPS) is 21.7. The number of aryl methyl sites for hydroxylation is 1. The molecule has 5 nitrogen and oxygen atoms in total. The maximum absolute atomic E-state index is 4.61. The highest BCUT2D eigenvalue weighted by molar-refractivity contribution is 7.16. The van der Waals surface area contributed by atoms with Crippen LogP contribution in [0, 0.1) is 0 Å². The van der Waals surface area contributed by atoms with E-state index < -0.39 is 0 Å². The first-order valence-corrected chi connectivity index (χ1v) is 6.64. The topological polar surface area (TPSA) is 55.1 Å². The van der Waals surface area contributed by atoms with Gasteiger partial charge in [-0.3, -0.25) is 0 Å². The molecule has 6 heteroatoms. The lowest BCUT2D eigenvalue weighted by atomic mass is 10.1. The Morgan fingerprint density at radius 2 is 2.38 bits per heavy atom. The van der Waals surface area contributed by atoms with E-state index in [1.165, 1.54) is 19.3 Å². The Morgan fingerprint density at radius 1 is 1.44 bits per heavy atom. The molecule has 0 spiro atoms. The summed E-state index contributed by atoms with van der Waals surface area (Å²) in [5.74, 6) is 0.952. The van der Waals surface area contributed by atoms with Crippen molar-refractivity contribution in [2.45, 2.75) is 38.6 Å². The minimum absolute atomic E-state index is 0.421. The number of aromatic nitrogens is 4. The van der Waals surface area contributed by atoms with E-state index in [4.69, 9.17) is 0 Å². The SMILES string of the molecule is CCc1nnc2sc(C3CCCCN3)nn12. The van der Waals surface area contributed by atoms with Gasteiger partial charge >= 0.3 is 0 Å². The number of rotatable bonds is 2. The first kappa shape index (κ1) is 10.2. The number of hydrogen-bond acceptors (Lipinski definition) is 5. The van der Waals surface area contributed by atoms with Crippen LogP contribution in [0.2, 0.25) is 0 Å². The maximum atomic E-state index is 4.61. The van der Waals surface area contributed by atoms with Crippen molar-refractivity contribution in [3.63, 3.8) is 0 Å². The lowest BCUT2D eigenvalue weighted by Gasteiger charge is -2.20. The third-order valence-electron chi connectivity index (χ3n) is 3.00. The van der Waals surface area contributed by atoms with Crippen molar-refractivity contribution in [1.29, 1.82) is 0 Å². The zero-order valence-corrected chi connectivity index (χ0v) is 10.1. The van der Waals surface area contributed by atoms with E-state index in [0.717, 1.165) is 28.8 Å². The summed E-state index contributed by atoms with van der Waals surface area (Å²) in [6, 6.07) is 0.421. The first-order chi connectivity index (χ1) is 7.88. The van der Waals surface area contributed by atoms with Gasteiger partial charge in [0.25, 0.3) is 0 Å². The average Bonchev–Trinajstić information content (AvgIpc) is 2.89. The Kier molecular flexibility index (Phi) is 2.61. The Labute approximate surface area is 97.9 Å². The van der Waals surface area contributed by atoms with Crippen LogP contribution in [-0.2, 0) is 6.42 Å². The van der Waals surface area contributed by atoms with Gasteiger partial charge in [0.1, 0.15) is 5.01 Å². The fraction of sp³-hybridized carbons (Fsp3) is 0.700. The Balaban J connectivity index is 1.94. The van der Waals surface area contributed by atoms with Crippen LogP contribution >= 0.6 is 11.3 Å². The van der Waals surface area contributed by atoms with E-state index in [1.807, 2.05) is 4.52 Å². The monoisotopic (exact) mass is 237 g/mol. The van der Waals surface area contributed by atoms with E-state index in [9.17, 15) is 0 Å². The number of hydrogen-bond donors (Lipinski definition) is 1. The summed E-state index contributed by atoms with van der Waals surface area (Å²) >= 11 is 1.66. The van der Waals surface area contributed by atoms with Gasteiger partial charge in [-0.15, -0.1) is 10.2 Å². The summed E-state index contributed by atoms with van der Waals surface area (Å²) in [7, 11) is 0. The number of nitrogens with zero attached hydrogens (tertiary/aromatic N) is 4. The van der Waals surface area contributed by atoms with Gasteiger partial charge in [-0.2, -0.15) is 9.61 Å². The molecule has 1 aliphatic heterocycles. The second-order valence-electron chi connectivity index (χ2n) is 4.11. The molecule has 0 amide bonds. The molecule has 1 fully saturated rings. The van der Waals surface area contributed by atoms with Gasteiger partial charge in [0.15, 0.2) is 5.82 Å². The zero-order valence-electron chi connectivity index (χ0n) is 9.31. The number of nitrogens with one attached hydrogen (secondary N) is 1. The van der Waals surface area contributed by atoms with Crippen LogP contribution < -0.4 is 5.32 Å². The lowest BCUT2D eigenvalue weighted by molar-refractivity contribution is 0.408. The summed E-state index contributed by atoms with van der Waals surface area (Å²) in [6.07, 6.45) is 4.63. The fourth-order valence-corrected chi connectivity index (χ4v) is 3.06. The molecule has 0 radical (unpaired) electrons. The van der Waals surface area contributed by atoms with Crippen LogP contribution in [0.3, 0.4) is 0 Å². The quantitative estimate of drug-likeness (QED) is 0.861. The van der Waals surface area contributed by atoms with Crippen molar-refractivity contribution in [3.8, 4) is 0 Å². The van der Waals surface area contributed by atoms with E-state index >= 15 is 0 Å². The predicted octanol–water partition coefficient (Wildman–Crippen LogP) is 1.56. The molecular formula is C10H15N5S. The molecule has 0 aliphatic carbocycles. The highest BCUT2D eigenvalue weighted by Gasteiger charge is 2.20. The standard InChI is InChI=1S/C10H15N5S/c1-2-8-12-13-10-15(8)14-9(16-10)7-5-3-4-6-11-7/h7,11H,2-6H2,1H3. The Morgan fingerprint density at radius 3 is 3.12 bits per heavy atom. The highest BCUT2D eigenvalue weighted by Crippen LogP contribution is 2.26. The summed E-state index contributed by atoms with van der Waals surface area (Å²) < 4.78 is 1.89. The molecule has 1 aliphatic rings. The molecule has 86 valence electrons. The van der Waals surface area contributed by atoms with Gasteiger partial charge in [0.2, 0.25) is 4.96 Å². The smallest absolute Gasteiger partial charge is 0.234 e. The van der Waals surface area contributed by atoms with Gasteiger partial charge in [0, 0.05) is 6.42 Å². The summed E-state index contributed by atoms with van der Waals surface area (Å²) in [5, 5.41) is 17.5. The van der Waals surface area contributed by atoms with Crippen molar-refractivity contribution in [2.24, 2.45) is 0 Å². The van der Waals surface area contributed by atoms with Crippen LogP contribution in [0.5, 0.6) is 0 Å². The van der Waals surface area contributed by atoms with Crippen molar-refractivity contribution < 1.29 is 0 Å². The van der Waals surface area contributed by atoms with E-state index in [-0.39, 0.29) is 0 Å². The third kappa shape index (κ3) is 1.62. The lowest BCUT2D eigenvalue weighted by Crippen LogP contribution is -2.26. The molecule has 1 saturated heterocycles. The molecule has 3 rings (SSSR count). The Hall–Kier alpha value is -1.01. The molecular weight excluding hydrogens is 222 g/mol. The van der Waals surface area contributed by atoms with E-state index in [1.54, 1.807) is 11.3 Å². The van der Waals surface area contributed by atoms with Crippen LogP contribution in [0.4, 0.5) is 0 Å². The second-order valence-corrected chi connectivity index (χ2v) is 5.09. The second kappa shape index (κ2) is 4.10. The minimum Gasteiger partial charge on any atom is -0.308 e. The maximum Gasteiger partial charge on any atom is 0.234 e. The van der Waals surface area contributed by atoms with E-state index in [0.29, 0.717) is 6.04 Å². The Bertz CT molecular complexity index is 482. The largest absolute Gasteiger partial charge is 0.308 e. The van der Waals surface area contributed by atoms with E-state index in [2.05, 4.69) is 27.5 Å². The van der Waals surface area contributed by atoms with Crippen LogP contribution in [-0.4, -0.2) is 26.4 Å². The summed E-state index contributed by atoms with van der Waals surface area (Å²) in [4.78, 5) is 0.916. The number of fused-ring (bicyclic) bond motifs is 1. The molecule has 16 heavy (non-hydrogen) atoms.